The van der Waals surface area contributed by atoms with Crippen molar-refractivity contribution in [3.05, 3.63) is 29.8 Å². The molecule has 5 amide bonds. The van der Waals surface area contributed by atoms with Gasteiger partial charge in [0.15, 0.2) is 0 Å². The fourth-order valence-corrected chi connectivity index (χ4v) is 4.02. The SMILES string of the molecule is CC(C)C[C@@H](C=O)NC(=O)[C@H](CCC(=O)O)NC(=O)[C@@H](NC(=O)[C@H](CCC(N)=O)NC(=O)c1ccccc1N)C(C)C. The van der Waals surface area contributed by atoms with E-state index in [4.69, 9.17) is 16.6 Å². The average Bonchev–Trinajstić information content (AvgIpc) is 2.90. The Labute approximate surface area is 244 Å². The van der Waals surface area contributed by atoms with Crippen LogP contribution in [-0.4, -0.2) is 71.1 Å². The Kier molecular flexibility index (Phi) is 14.7. The van der Waals surface area contributed by atoms with Crippen molar-refractivity contribution < 1.29 is 38.7 Å². The van der Waals surface area contributed by atoms with Gasteiger partial charge in [0, 0.05) is 18.5 Å². The summed E-state index contributed by atoms with van der Waals surface area (Å²) in [7, 11) is 0. The molecular formula is C28H42N6O8. The van der Waals surface area contributed by atoms with Crippen molar-refractivity contribution in [3.8, 4) is 0 Å². The summed E-state index contributed by atoms with van der Waals surface area (Å²) < 4.78 is 0. The summed E-state index contributed by atoms with van der Waals surface area (Å²) in [6, 6.07) is 1.53. The van der Waals surface area contributed by atoms with Crippen LogP contribution in [-0.2, 0) is 28.8 Å². The predicted molar refractivity (Wildman–Crippen MR) is 154 cm³/mol. The zero-order chi connectivity index (χ0) is 32.0. The number of carbonyl (C=O) groups excluding carboxylic acids is 6. The van der Waals surface area contributed by atoms with Crippen LogP contribution in [0.1, 0.15) is 70.2 Å². The van der Waals surface area contributed by atoms with Gasteiger partial charge in [-0.25, -0.2) is 0 Å². The number of hydrogen-bond donors (Lipinski definition) is 7. The second-order valence-electron chi connectivity index (χ2n) is 10.7. The summed E-state index contributed by atoms with van der Waals surface area (Å²) in [6.07, 6.45) is -0.224. The Morgan fingerprint density at radius 3 is 1.93 bits per heavy atom. The highest BCUT2D eigenvalue weighted by Gasteiger charge is 2.32. The number of primary amides is 1. The number of hydrogen-bond acceptors (Lipinski definition) is 8. The highest BCUT2D eigenvalue weighted by atomic mass is 16.4. The molecule has 14 heteroatoms. The van der Waals surface area contributed by atoms with E-state index in [2.05, 4.69) is 21.3 Å². The molecule has 4 atom stereocenters. The summed E-state index contributed by atoms with van der Waals surface area (Å²) in [5.74, 6) is -5.36. The van der Waals surface area contributed by atoms with Crippen LogP contribution in [0.2, 0.25) is 0 Å². The number of para-hydroxylation sites is 1. The van der Waals surface area contributed by atoms with E-state index < -0.39 is 72.0 Å². The zero-order valence-corrected chi connectivity index (χ0v) is 24.3. The molecular weight excluding hydrogens is 548 g/mol. The second-order valence-corrected chi connectivity index (χ2v) is 10.7. The van der Waals surface area contributed by atoms with Gasteiger partial charge in [0.1, 0.15) is 24.4 Å². The monoisotopic (exact) mass is 590 g/mol. The average molecular weight is 591 g/mol. The molecule has 1 aromatic rings. The van der Waals surface area contributed by atoms with E-state index in [0.29, 0.717) is 12.7 Å². The van der Waals surface area contributed by atoms with Crippen molar-refractivity contribution in [1.82, 2.24) is 21.3 Å². The number of benzene rings is 1. The molecule has 0 unspecified atom stereocenters. The molecule has 1 aromatic carbocycles. The number of anilines is 1. The zero-order valence-electron chi connectivity index (χ0n) is 24.3. The Hall–Kier alpha value is -4.49. The molecule has 42 heavy (non-hydrogen) atoms. The molecule has 1 rings (SSSR count). The molecule has 0 bridgehead atoms. The van der Waals surface area contributed by atoms with E-state index in [0.717, 1.165) is 0 Å². The topological polar surface area (TPSA) is 240 Å². The standard InChI is InChI=1S/C28H42N6O8/c1-15(2)13-17(14-35)31-26(40)21(10-12-23(37)38)33-28(42)24(16(3)4)34-27(41)20(9-11-22(30)36)32-25(39)18-7-5-6-8-19(18)29/h5-8,14-17,20-21,24H,9-13,29H2,1-4H3,(H2,30,36)(H,31,40)(H,32,39)(H,33,42)(H,34,41)(H,37,38)/t17-,20-,21-,24-/m0/s1. The summed E-state index contributed by atoms with van der Waals surface area (Å²) in [6.45, 7) is 6.97. The lowest BCUT2D eigenvalue weighted by Crippen LogP contribution is -2.59. The van der Waals surface area contributed by atoms with Crippen LogP contribution in [0, 0.1) is 11.8 Å². The van der Waals surface area contributed by atoms with E-state index in [1.807, 2.05) is 13.8 Å². The number of carbonyl (C=O) groups is 7. The third-order valence-corrected chi connectivity index (χ3v) is 6.25. The van der Waals surface area contributed by atoms with Gasteiger partial charge in [-0.2, -0.15) is 0 Å². The molecule has 0 spiro atoms. The Bertz CT molecular complexity index is 1140. The minimum absolute atomic E-state index is 0.0782. The summed E-state index contributed by atoms with van der Waals surface area (Å²) in [5.41, 5.74) is 11.4. The largest absolute Gasteiger partial charge is 0.481 e. The summed E-state index contributed by atoms with van der Waals surface area (Å²) in [4.78, 5) is 86.4. The molecule has 232 valence electrons. The van der Waals surface area contributed by atoms with Gasteiger partial charge in [0.25, 0.3) is 5.91 Å². The molecule has 0 radical (unpaired) electrons. The Morgan fingerprint density at radius 1 is 0.833 bits per heavy atom. The van der Waals surface area contributed by atoms with Gasteiger partial charge < -0.3 is 42.6 Å². The molecule has 9 N–H and O–H groups in total. The molecule has 0 aliphatic heterocycles. The van der Waals surface area contributed by atoms with Crippen LogP contribution in [0.4, 0.5) is 5.69 Å². The van der Waals surface area contributed by atoms with Gasteiger partial charge in [-0.05, 0) is 43.2 Å². The van der Waals surface area contributed by atoms with E-state index in [1.165, 1.54) is 12.1 Å². The molecule has 0 saturated heterocycles. The maximum atomic E-state index is 13.3. The molecule has 0 saturated carbocycles. The van der Waals surface area contributed by atoms with Crippen molar-refractivity contribution in [3.63, 3.8) is 0 Å². The van der Waals surface area contributed by atoms with Crippen LogP contribution < -0.4 is 32.7 Å². The first-order valence-corrected chi connectivity index (χ1v) is 13.7. The number of rotatable bonds is 18. The van der Waals surface area contributed by atoms with Crippen LogP contribution in [0.5, 0.6) is 0 Å². The fraction of sp³-hybridized carbons (Fsp3) is 0.536. The lowest BCUT2D eigenvalue weighted by molar-refractivity contribution is -0.138. The smallest absolute Gasteiger partial charge is 0.303 e. The summed E-state index contributed by atoms with van der Waals surface area (Å²) >= 11 is 0. The molecule has 0 aliphatic carbocycles. The van der Waals surface area contributed by atoms with Gasteiger partial charge >= 0.3 is 5.97 Å². The van der Waals surface area contributed by atoms with E-state index >= 15 is 0 Å². The quantitative estimate of drug-likeness (QED) is 0.0887. The molecule has 0 fully saturated rings. The highest BCUT2D eigenvalue weighted by Crippen LogP contribution is 2.12. The van der Waals surface area contributed by atoms with Crippen molar-refractivity contribution in [2.24, 2.45) is 17.6 Å². The Morgan fingerprint density at radius 2 is 1.40 bits per heavy atom. The lowest BCUT2D eigenvalue weighted by atomic mass is 10.00. The van der Waals surface area contributed by atoms with Gasteiger partial charge in [-0.15, -0.1) is 0 Å². The molecule has 14 nitrogen and oxygen atoms in total. The highest BCUT2D eigenvalue weighted by molar-refractivity contribution is 6.02. The maximum absolute atomic E-state index is 13.3. The van der Waals surface area contributed by atoms with Crippen molar-refractivity contribution in [2.75, 3.05) is 5.73 Å². The number of amides is 5. The van der Waals surface area contributed by atoms with Crippen molar-refractivity contribution >= 4 is 47.5 Å². The number of nitrogens with one attached hydrogen (secondary N) is 4. The minimum atomic E-state index is -1.31. The predicted octanol–water partition coefficient (Wildman–Crippen LogP) is -0.147. The third-order valence-electron chi connectivity index (χ3n) is 6.25. The van der Waals surface area contributed by atoms with Crippen LogP contribution in [0.25, 0.3) is 0 Å². The van der Waals surface area contributed by atoms with Crippen LogP contribution in [0.3, 0.4) is 0 Å². The van der Waals surface area contributed by atoms with Gasteiger partial charge in [-0.3, -0.25) is 28.8 Å². The van der Waals surface area contributed by atoms with Crippen LogP contribution >= 0.6 is 0 Å². The Balaban J connectivity index is 3.13. The fourth-order valence-electron chi connectivity index (χ4n) is 4.02. The lowest BCUT2D eigenvalue weighted by Gasteiger charge is -2.27. The molecule has 0 aliphatic rings. The summed E-state index contributed by atoms with van der Waals surface area (Å²) in [5, 5.41) is 19.2. The third kappa shape index (κ3) is 12.4. The first-order chi connectivity index (χ1) is 19.7. The van der Waals surface area contributed by atoms with Gasteiger partial charge in [0.2, 0.25) is 23.6 Å². The van der Waals surface area contributed by atoms with Crippen molar-refractivity contribution in [1.29, 1.82) is 0 Å². The first-order valence-electron chi connectivity index (χ1n) is 13.7. The number of nitrogens with two attached hydrogens (primary N) is 2. The number of carboxylic acid groups (broad SMARTS) is 1. The number of carboxylic acids is 1. The molecule has 0 heterocycles. The molecule has 0 aromatic heterocycles. The van der Waals surface area contributed by atoms with E-state index in [1.54, 1.807) is 26.0 Å². The number of nitrogen functional groups attached to an aromatic ring is 1. The number of aliphatic carboxylic acids is 1. The van der Waals surface area contributed by atoms with Crippen molar-refractivity contribution in [2.45, 2.75) is 84.0 Å². The van der Waals surface area contributed by atoms with Gasteiger partial charge in [-0.1, -0.05) is 39.8 Å². The normalized spacial score (nSPS) is 13.8. The van der Waals surface area contributed by atoms with E-state index in [9.17, 15) is 33.6 Å². The minimum Gasteiger partial charge on any atom is -0.481 e. The maximum Gasteiger partial charge on any atom is 0.303 e. The second kappa shape index (κ2) is 17.4. The first kappa shape index (κ1) is 35.5. The van der Waals surface area contributed by atoms with E-state index in [-0.39, 0.29) is 36.4 Å². The number of aldehydes is 1. The van der Waals surface area contributed by atoms with Gasteiger partial charge in [0.05, 0.1) is 11.6 Å². The van der Waals surface area contributed by atoms with Crippen LogP contribution in [0.15, 0.2) is 24.3 Å².